The van der Waals surface area contributed by atoms with Crippen LogP contribution in [-0.2, 0) is 5.54 Å². The maximum atomic E-state index is 13.0. The number of fused-ring (bicyclic) bond motifs is 3. The van der Waals surface area contributed by atoms with Gasteiger partial charge in [0, 0.05) is 22.0 Å². The number of carbonyl (C=O) groups excluding carboxylic acids is 1. The molecule has 0 aliphatic heterocycles. The molecule has 3 heterocycles. The largest absolute Gasteiger partial charge is 0.352 e. The van der Waals surface area contributed by atoms with Gasteiger partial charge in [-0.25, -0.2) is 0 Å². The van der Waals surface area contributed by atoms with Crippen LogP contribution >= 0.6 is 11.6 Å². The van der Waals surface area contributed by atoms with Gasteiger partial charge in [-0.15, -0.1) is 0 Å². The topological polar surface area (TPSA) is 75.6 Å². The number of nitrogens with one attached hydrogen (secondary N) is 2. The Morgan fingerprint density at radius 3 is 2.74 bits per heavy atom. The minimum atomic E-state index is -0.308. The predicted molar refractivity (Wildman–Crippen MR) is 109 cm³/mol. The van der Waals surface area contributed by atoms with E-state index in [1.54, 1.807) is 29.2 Å². The quantitative estimate of drug-likeness (QED) is 0.519. The van der Waals surface area contributed by atoms with E-state index in [1.165, 1.54) is 0 Å². The molecule has 4 aromatic rings. The summed E-state index contributed by atoms with van der Waals surface area (Å²) in [5.74, 6) is -0.231. The summed E-state index contributed by atoms with van der Waals surface area (Å²) in [5, 5.41) is 9.97. The molecule has 0 radical (unpaired) electrons. The second-order valence-corrected chi connectivity index (χ2v) is 8.07. The monoisotopic (exact) mass is 381 g/mol. The lowest BCUT2D eigenvalue weighted by molar-refractivity contribution is 0.100. The Hall–Kier alpha value is -2.86. The van der Waals surface area contributed by atoms with Gasteiger partial charge in [0.05, 0.1) is 34.2 Å². The molecular formula is C20H20ClN5O. The molecule has 6 nitrogen and oxygen atoms in total. The zero-order valence-corrected chi connectivity index (χ0v) is 16.3. The predicted octanol–water partition coefficient (Wildman–Crippen LogP) is 4.88. The fourth-order valence-electron chi connectivity index (χ4n) is 3.28. The molecule has 7 heteroatoms. The van der Waals surface area contributed by atoms with Crippen LogP contribution in [0.4, 0.5) is 5.69 Å². The van der Waals surface area contributed by atoms with E-state index in [4.69, 9.17) is 11.6 Å². The number of hydrogen-bond donors (Lipinski definition) is 2. The fourth-order valence-corrected chi connectivity index (χ4v) is 3.49. The Balaban J connectivity index is 1.81. The molecule has 138 valence electrons. The van der Waals surface area contributed by atoms with Crippen LogP contribution in [0.25, 0.3) is 21.8 Å². The first-order valence-corrected chi connectivity index (χ1v) is 9.05. The number of benzene rings is 1. The molecule has 0 atom stereocenters. The van der Waals surface area contributed by atoms with Gasteiger partial charge >= 0.3 is 0 Å². The molecule has 0 unspecified atom stereocenters. The first-order valence-electron chi connectivity index (χ1n) is 8.67. The molecule has 2 N–H and O–H groups in total. The van der Waals surface area contributed by atoms with Gasteiger partial charge in [-0.3, -0.25) is 14.5 Å². The van der Waals surface area contributed by atoms with Crippen LogP contribution in [0.1, 0.15) is 37.0 Å². The second-order valence-electron chi connectivity index (χ2n) is 7.63. The Labute approximate surface area is 161 Å². The van der Waals surface area contributed by atoms with E-state index in [0.717, 1.165) is 27.5 Å². The summed E-state index contributed by atoms with van der Waals surface area (Å²) >= 11 is 6.32. The number of rotatable bonds is 2. The van der Waals surface area contributed by atoms with Crippen molar-refractivity contribution in [1.82, 2.24) is 19.7 Å². The molecule has 0 saturated carbocycles. The molecule has 27 heavy (non-hydrogen) atoms. The van der Waals surface area contributed by atoms with Crippen LogP contribution in [0.3, 0.4) is 0 Å². The van der Waals surface area contributed by atoms with Crippen LogP contribution in [0.2, 0.25) is 5.02 Å². The fraction of sp³-hybridized carbons (Fsp3) is 0.250. The number of anilines is 1. The Bertz CT molecular complexity index is 1180. The minimum absolute atomic E-state index is 0.231. The second kappa shape index (κ2) is 6.09. The number of aromatic amines is 1. The van der Waals surface area contributed by atoms with Crippen LogP contribution < -0.4 is 5.32 Å². The molecule has 0 fully saturated rings. The number of carbonyl (C=O) groups is 1. The van der Waals surface area contributed by atoms with E-state index in [0.29, 0.717) is 16.4 Å². The number of H-pyrrole nitrogens is 1. The van der Waals surface area contributed by atoms with Gasteiger partial charge in [0.2, 0.25) is 0 Å². The van der Waals surface area contributed by atoms with Crippen molar-refractivity contribution >= 4 is 45.0 Å². The van der Waals surface area contributed by atoms with Gasteiger partial charge in [0.15, 0.2) is 0 Å². The average molecular weight is 382 g/mol. The summed E-state index contributed by atoms with van der Waals surface area (Å²) in [6.45, 7) is 7.91. The molecule has 0 bridgehead atoms. The lowest BCUT2D eigenvalue weighted by atomic mass is 10.1. The summed E-state index contributed by atoms with van der Waals surface area (Å²) in [5.41, 5.74) is 3.32. The molecule has 0 spiro atoms. The Morgan fingerprint density at radius 1 is 1.22 bits per heavy atom. The highest BCUT2D eigenvalue weighted by Gasteiger charge is 2.23. The van der Waals surface area contributed by atoms with E-state index in [9.17, 15) is 4.79 Å². The third-order valence-electron chi connectivity index (χ3n) is 4.42. The summed E-state index contributed by atoms with van der Waals surface area (Å²) in [4.78, 5) is 20.5. The third-order valence-corrected chi connectivity index (χ3v) is 4.64. The van der Waals surface area contributed by atoms with Gasteiger partial charge in [-0.2, -0.15) is 5.10 Å². The van der Waals surface area contributed by atoms with E-state index in [-0.39, 0.29) is 11.4 Å². The number of hydrogen-bond acceptors (Lipinski definition) is 3. The molecule has 1 aromatic carbocycles. The number of amides is 1. The average Bonchev–Trinajstić information content (AvgIpc) is 3.16. The first-order chi connectivity index (χ1) is 12.7. The Kier molecular flexibility index (Phi) is 3.96. The standard InChI is InChI=1S/C20H20ClN5O/c1-11-7-17(26(25-11)20(2,3)4)19(27)24-15-9-12(21)8-14-13-5-6-22-10-16(13)23-18(14)15/h5-10,23H,1-4H3,(H,24,27). The SMILES string of the molecule is Cc1cc(C(=O)Nc2cc(Cl)cc3c2[nH]c2cnccc23)n(C(C)(C)C)n1. The van der Waals surface area contributed by atoms with E-state index in [1.807, 2.05) is 39.8 Å². The molecule has 3 aromatic heterocycles. The minimum Gasteiger partial charge on any atom is -0.352 e. The lowest BCUT2D eigenvalue weighted by Gasteiger charge is -2.22. The van der Waals surface area contributed by atoms with Crippen molar-refractivity contribution in [3.05, 3.63) is 53.1 Å². The van der Waals surface area contributed by atoms with Gasteiger partial charge in [0.1, 0.15) is 5.69 Å². The van der Waals surface area contributed by atoms with Crippen LogP contribution in [0, 0.1) is 6.92 Å². The molecule has 0 saturated heterocycles. The smallest absolute Gasteiger partial charge is 0.274 e. The van der Waals surface area contributed by atoms with Crippen LogP contribution in [0.15, 0.2) is 36.7 Å². The van der Waals surface area contributed by atoms with E-state index >= 15 is 0 Å². The van der Waals surface area contributed by atoms with Gasteiger partial charge in [-0.05, 0) is 52.0 Å². The third kappa shape index (κ3) is 3.06. The number of nitrogens with zero attached hydrogens (tertiary/aromatic N) is 3. The zero-order chi connectivity index (χ0) is 19.3. The van der Waals surface area contributed by atoms with Crippen molar-refractivity contribution in [3.8, 4) is 0 Å². The number of aryl methyl sites for hydroxylation is 1. The zero-order valence-electron chi connectivity index (χ0n) is 15.6. The summed E-state index contributed by atoms with van der Waals surface area (Å²) in [6.07, 6.45) is 3.49. The number of halogens is 1. The summed E-state index contributed by atoms with van der Waals surface area (Å²) < 4.78 is 1.74. The molecule has 4 rings (SSSR count). The highest BCUT2D eigenvalue weighted by atomic mass is 35.5. The maximum absolute atomic E-state index is 13.0. The van der Waals surface area contributed by atoms with Crippen molar-refractivity contribution in [2.24, 2.45) is 0 Å². The lowest BCUT2D eigenvalue weighted by Crippen LogP contribution is -2.29. The van der Waals surface area contributed by atoms with Crippen molar-refractivity contribution in [1.29, 1.82) is 0 Å². The Morgan fingerprint density at radius 2 is 2.00 bits per heavy atom. The number of pyridine rings is 1. The van der Waals surface area contributed by atoms with Crippen molar-refractivity contribution in [2.75, 3.05) is 5.32 Å². The van der Waals surface area contributed by atoms with Crippen molar-refractivity contribution in [2.45, 2.75) is 33.2 Å². The highest BCUT2D eigenvalue weighted by Crippen LogP contribution is 2.33. The number of aromatic nitrogens is 4. The molecular weight excluding hydrogens is 362 g/mol. The first kappa shape index (κ1) is 17.5. The normalized spacial score (nSPS) is 12.0. The van der Waals surface area contributed by atoms with Gasteiger partial charge < -0.3 is 10.3 Å². The van der Waals surface area contributed by atoms with Crippen LogP contribution in [-0.4, -0.2) is 25.7 Å². The van der Waals surface area contributed by atoms with Gasteiger partial charge in [-0.1, -0.05) is 11.6 Å². The summed E-state index contributed by atoms with van der Waals surface area (Å²) in [7, 11) is 0. The maximum Gasteiger partial charge on any atom is 0.274 e. The molecule has 0 aliphatic rings. The van der Waals surface area contributed by atoms with Crippen molar-refractivity contribution in [3.63, 3.8) is 0 Å². The van der Waals surface area contributed by atoms with Gasteiger partial charge in [0.25, 0.3) is 5.91 Å². The molecule has 0 aliphatic carbocycles. The summed E-state index contributed by atoms with van der Waals surface area (Å²) in [6, 6.07) is 7.34. The van der Waals surface area contributed by atoms with E-state index in [2.05, 4.69) is 20.4 Å². The van der Waals surface area contributed by atoms with Crippen LogP contribution in [0.5, 0.6) is 0 Å². The van der Waals surface area contributed by atoms with Crippen molar-refractivity contribution < 1.29 is 4.79 Å². The highest BCUT2D eigenvalue weighted by molar-refractivity contribution is 6.33. The molecule has 1 amide bonds. The van der Waals surface area contributed by atoms with E-state index < -0.39 is 0 Å².